The third kappa shape index (κ3) is 6.33. The van der Waals surface area contributed by atoms with Gasteiger partial charge in [0.1, 0.15) is 0 Å². The van der Waals surface area contributed by atoms with E-state index >= 15 is 0 Å². The lowest BCUT2D eigenvalue weighted by Crippen LogP contribution is -2.51. The molecule has 150 valence electrons. The number of rotatable bonds is 4. The number of piperidine rings is 1. The number of nitrogens with zero attached hydrogens (tertiary/aromatic N) is 2. The van der Waals surface area contributed by atoms with Crippen LogP contribution in [0.15, 0.2) is 24.3 Å². The summed E-state index contributed by atoms with van der Waals surface area (Å²) in [7, 11) is 2.21. The van der Waals surface area contributed by atoms with Gasteiger partial charge in [-0.2, -0.15) is 0 Å². The average Bonchev–Trinajstić information content (AvgIpc) is 2.64. The lowest BCUT2D eigenvalue weighted by Gasteiger charge is -2.40. The van der Waals surface area contributed by atoms with Crippen LogP contribution in [0.25, 0.3) is 0 Å². The second kappa shape index (κ2) is 10.6. The van der Waals surface area contributed by atoms with Gasteiger partial charge in [-0.3, -0.25) is 0 Å². The second-order valence-electron chi connectivity index (χ2n) is 8.25. The third-order valence-electron chi connectivity index (χ3n) is 6.12. The lowest BCUT2D eigenvalue weighted by atomic mass is 9.97. The average molecular weight is 408 g/mol. The van der Waals surface area contributed by atoms with Crippen molar-refractivity contribution >= 4 is 28.9 Å². The predicted octanol–water partition coefficient (Wildman–Crippen LogP) is 5.22. The standard InChI is InChI=1S/C22H34ClN3S/c1-25-15-13-20(14-16-25)26(17-18-9-7-8-12-21(18)23)22(27)24-19-10-5-3-2-4-6-11-19/h7-9,12,19-20H,2-6,10-11,13-17H2,1H3,(H,24,27). The topological polar surface area (TPSA) is 18.5 Å². The number of hydrogen-bond donors (Lipinski definition) is 1. The van der Waals surface area contributed by atoms with Crippen LogP contribution in [-0.4, -0.2) is 47.1 Å². The summed E-state index contributed by atoms with van der Waals surface area (Å²) in [4.78, 5) is 4.83. The van der Waals surface area contributed by atoms with Gasteiger partial charge in [0.25, 0.3) is 0 Å². The van der Waals surface area contributed by atoms with Gasteiger partial charge >= 0.3 is 0 Å². The van der Waals surface area contributed by atoms with Crippen LogP contribution in [0, 0.1) is 0 Å². The van der Waals surface area contributed by atoms with Gasteiger partial charge in [-0.1, -0.05) is 61.9 Å². The number of nitrogens with one attached hydrogen (secondary N) is 1. The van der Waals surface area contributed by atoms with Crippen molar-refractivity contribution < 1.29 is 0 Å². The maximum Gasteiger partial charge on any atom is 0.169 e. The number of benzene rings is 1. The van der Waals surface area contributed by atoms with Crippen molar-refractivity contribution in [1.82, 2.24) is 15.1 Å². The Balaban J connectivity index is 1.69. The van der Waals surface area contributed by atoms with Crippen LogP contribution >= 0.6 is 23.8 Å². The highest BCUT2D eigenvalue weighted by Gasteiger charge is 2.27. The number of hydrogen-bond acceptors (Lipinski definition) is 2. The van der Waals surface area contributed by atoms with Gasteiger partial charge in [0.05, 0.1) is 0 Å². The fraction of sp³-hybridized carbons (Fsp3) is 0.682. The predicted molar refractivity (Wildman–Crippen MR) is 119 cm³/mol. The molecule has 0 atom stereocenters. The third-order valence-corrected chi connectivity index (χ3v) is 6.84. The second-order valence-corrected chi connectivity index (χ2v) is 9.04. The van der Waals surface area contributed by atoms with Gasteiger partial charge < -0.3 is 15.1 Å². The molecule has 3 rings (SSSR count). The number of thiocarbonyl (C=S) groups is 1. The van der Waals surface area contributed by atoms with E-state index in [0.29, 0.717) is 12.1 Å². The summed E-state index contributed by atoms with van der Waals surface area (Å²) in [6.07, 6.45) is 11.6. The van der Waals surface area contributed by atoms with Crippen molar-refractivity contribution in [3.8, 4) is 0 Å². The zero-order valence-electron chi connectivity index (χ0n) is 16.6. The Bertz CT molecular complexity index is 593. The Labute approximate surface area is 175 Å². The highest BCUT2D eigenvalue weighted by molar-refractivity contribution is 7.80. The van der Waals surface area contributed by atoms with Crippen LogP contribution in [0.4, 0.5) is 0 Å². The van der Waals surface area contributed by atoms with Gasteiger partial charge in [0.15, 0.2) is 5.11 Å². The van der Waals surface area contributed by atoms with E-state index < -0.39 is 0 Å². The summed E-state index contributed by atoms with van der Waals surface area (Å²) in [5.74, 6) is 0. The fourth-order valence-electron chi connectivity index (χ4n) is 4.34. The number of likely N-dealkylation sites (tertiary alicyclic amines) is 1. The summed E-state index contributed by atoms with van der Waals surface area (Å²) in [6, 6.07) is 9.19. The van der Waals surface area contributed by atoms with Crippen LogP contribution < -0.4 is 5.32 Å². The molecule has 0 spiro atoms. The maximum absolute atomic E-state index is 6.47. The molecule has 2 fully saturated rings. The molecule has 0 amide bonds. The molecule has 27 heavy (non-hydrogen) atoms. The first-order valence-corrected chi connectivity index (χ1v) is 11.4. The smallest absolute Gasteiger partial charge is 0.169 e. The van der Waals surface area contributed by atoms with Gasteiger partial charge in [-0.25, -0.2) is 0 Å². The molecule has 5 heteroatoms. The van der Waals surface area contributed by atoms with Gasteiger partial charge in [-0.05, 0) is 69.7 Å². The molecule has 0 unspecified atom stereocenters. The zero-order chi connectivity index (χ0) is 19.1. The van der Waals surface area contributed by atoms with Crippen LogP contribution in [-0.2, 0) is 6.54 Å². The minimum absolute atomic E-state index is 0.492. The van der Waals surface area contributed by atoms with E-state index in [1.165, 1.54) is 50.5 Å². The quantitative estimate of drug-likeness (QED) is 0.689. The van der Waals surface area contributed by atoms with Crippen LogP contribution in [0.5, 0.6) is 0 Å². The van der Waals surface area contributed by atoms with Crippen molar-refractivity contribution in [2.24, 2.45) is 0 Å². The van der Waals surface area contributed by atoms with Crippen molar-refractivity contribution in [2.75, 3.05) is 20.1 Å². The molecule has 0 radical (unpaired) electrons. The van der Waals surface area contributed by atoms with Gasteiger partial charge in [0, 0.05) is 23.7 Å². The molecule has 2 aliphatic rings. The van der Waals surface area contributed by atoms with Crippen molar-refractivity contribution in [2.45, 2.75) is 76.4 Å². The Morgan fingerprint density at radius 2 is 1.70 bits per heavy atom. The van der Waals surface area contributed by atoms with E-state index in [1.807, 2.05) is 12.1 Å². The van der Waals surface area contributed by atoms with E-state index in [1.54, 1.807) is 0 Å². The van der Waals surface area contributed by atoms with Crippen molar-refractivity contribution in [3.63, 3.8) is 0 Å². The van der Waals surface area contributed by atoms with Crippen molar-refractivity contribution in [1.29, 1.82) is 0 Å². The fourth-order valence-corrected chi connectivity index (χ4v) is 4.92. The molecule has 0 bridgehead atoms. The zero-order valence-corrected chi connectivity index (χ0v) is 18.2. The summed E-state index contributed by atoms with van der Waals surface area (Å²) in [5.41, 5.74) is 1.17. The number of halogens is 1. The SMILES string of the molecule is CN1CCC(N(Cc2ccccc2Cl)C(=S)NC2CCCCCCC2)CC1. The molecule has 1 saturated carbocycles. The van der Waals surface area contributed by atoms with Crippen LogP contribution in [0.3, 0.4) is 0 Å². The molecule has 1 aliphatic heterocycles. The normalized spacial score (nSPS) is 20.7. The van der Waals surface area contributed by atoms with Crippen LogP contribution in [0.1, 0.15) is 63.4 Å². The lowest BCUT2D eigenvalue weighted by molar-refractivity contribution is 0.169. The van der Waals surface area contributed by atoms with Crippen LogP contribution in [0.2, 0.25) is 5.02 Å². The summed E-state index contributed by atoms with van der Waals surface area (Å²) in [5, 5.41) is 5.50. The summed E-state index contributed by atoms with van der Waals surface area (Å²) >= 11 is 12.4. The highest BCUT2D eigenvalue weighted by atomic mass is 35.5. The molecular weight excluding hydrogens is 374 g/mol. The Morgan fingerprint density at radius 1 is 1.07 bits per heavy atom. The first kappa shape index (κ1) is 20.9. The molecule has 1 saturated heterocycles. The van der Waals surface area contributed by atoms with E-state index in [-0.39, 0.29) is 0 Å². The summed E-state index contributed by atoms with van der Waals surface area (Å²) in [6.45, 7) is 3.07. The maximum atomic E-state index is 6.47. The van der Waals surface area contributed by atoms with E-state index in [0.717, 1.165) is 42.6 Å². The molecule has 1 aromatic rings. The van der Waals surface area contributed by atoms with E-state index in [2.05, 4.69) is 34.3 Å². The Morgan fingerprint density at radius 3 is 2.37 bits per heavy atom. The highest BCUT2D eigenvalue weighted by Crippen LogP contribution is 2.24. The molecule has 1 heterocycles. The molecule has 1 aliphatic carbocycles. The largest absolute Gasteiger partial charge is 0.360 e. The van der Waals surface area contributed by atoms with Crippen molar-refractivity contribution in [3.05, 3.63) is 34.9 Å². The molecule has 0 aromatic heterocycles. The molecule has 1 N–H and O–H groups in total. The first-order valence-electron chi connectivity index (χ1n) is 10.6. The molecule has 1 aromatic carbocycles. The first-order chi connectivity index (χ1) is 13.1. The Kier molecular flexibility index (Phi) is 8.23. The molecular formula is C22H34ClN3S. The Hall–Kier alpha value is -0.840. The summed E-state index contributed by atoms with van der Waals surface area (Å²) < 4.78 is 0. The monoisotopic (exact) mass is 407 g/mol. The van der Waals surface area contributed by atoms with E-state index in [9.17, 15) is 0 Å². The minimum atomic E-state index is 0.492. The van der Waals surface area contributed by atoms with Gasteiger partial charge in [-0.15, -0.1) is 0 Å². The minimum Gasteiger partial charge on any atom is -0.360 e. The van der Waals surface area contributed by atoms with E-state index in [4.69, 9.17) is 23.8 Å². The van der Waals surface area contributed by atoms with Gasteiger partial charge in [0.2, 0.25) is 0 Å². The molecule has 3 nitrogen and oxygen atoms in total.